The van der Waals surface area contributed by atoms with Gasteiger partial charge in [0.25, 0.3) is 0 Å². The number of nitrogens with zero attached hydrogens (tertiary/aromatic N) is 2. The zero-order valence-electron chi connectivity index (χ0n) is 12.4. The van der Waals surface area contributed by atoms with Crippen LogP contribution >= 0.6 is 11.6 Å². The molecular formula is C17H25ClN2. The summed E-state index contributed by atoms with van der Waals surface area (Å²) in [5.41, 5.74) is 1.27. The second-order valence-electron chi connectivity index (χ2n) is 6.23. The van der Waals surface area contributed by atoms with Crippen molar-refractivity contribution in [2.45, 2.75) is 51.2 Å². The van der Waals surface area contributed by atoms with Crippen LogP contribution in [-0.4, -0.2) is 41.5 Å². The SMILES string of the molecule is CCC1CN2CCCCC2CN1Cc1ccccc1Cl. The van der Waals surface area contributed by atoms with Crippen molar-refractivity contribution in [2.75, 3.05) is 19.6 Å². The van der Waals surface area contributed by atoms with E-state index in [0.717, 1.165) is 17.6 Å². The van der Waals surface area contributed by atoms with Crippen molar-refractivity contribution in [3.8, 4) is 0 Å². The number of hydrogen-bond donors (Lipinski definition) is 0. The highest BCUT2D eigenvalue weighted by atomic mass is 35.5. The summed E-state index contributed by atoms with van der Waals surface area (Å²) in [6.45, 7) is 7.08. The van der Waals surface area contributed by atoms with Crippen molar-refractivity contribution in [3.05, 3.63) is 34.9 Å². The third-order valence-electron chi connectivity index (χ3n) is 4.96. The van der Waals surface area contributed by atoms with Crippen molar-refractivity contribution in [1.82, 2.24) is 9.80 Å². The summed E-state index contributed by atoms with van der Waals surface area (Å²) in [7, 11) is 0. The van der Waals surface area contributed by atoms with E-state index in [1.807, 2.05) is 12.1 Å². The monoisotopic (exact) mass is 292 g/mol. The van der Waals surface area contributed by atoms with Crippen molar-refractivity contribution in [3.63, 3.8) is 0 Å². The highest BCUT2D eigenvalue weighted by Crippen LogP contribution is 2.27. The summed E-state index contributed by atoms with van der Waals surface area (Å²) in [6.07, 6.45) is 5.39. The average molecular weight is 293 g/mol. The van der Waals surface area contributed by atoms with E-state index in [2.05, 4.69) is 28.9 Å². The Morgan fingerprint density at radius 2 is 2.05 bits per heavy atom. The lowest BCUT2D eigenvalue weighted by molar-refractivity contribution is 0.00329. The summed E-state index contributed by atoms with van der Waals surface area (Å²) in [5.74, 6) is 0. The van der Waals surface area contributed by atoms with Crippen LogP contribution in [0.1, 0.15) is 38.2 Å². The Morgan fingerprint density at radius 3 is 2.85 bits per heavy atom. The van der Waals surface area contributed by atoms with E-state index in [-0.39, 0.29) is 0 Å². The van der Waals surface area contributed by atoms with E-state index in [9.17, 15) is 0 Å². The predicted octanol–water partition coefficient (Wildman–Crippen LogP) is 3.79. The second-order valence-corrected chi connectivity index (χ2v) is 6.63. The first-order chi connectivity index (χ1) is 9.78. The molecule has 3 rings (SSSR count). The van der Waals surface area contributed by atoms with E-state index >= 15 is 0 Å². The molecule has 0 bridgehead atoms. The molecule has 0 saturated carbocycles. The lowest BCUT2D eigenvalue weighted by atomic mass is 9.95. The van der Waals surface area contributed by atoms with Crippen LogP contribution in [0.4, 0.5) is 0 Å². The maximum absolute atomic E-state index is 6.33. The van der Waals surface area contributed by atoms with Crippen LogP contribution in [0.25, 0.3) is 0 Å². The van der Waals surface area contributed by atoms with Gasteiger partial charge in [-0.05, 0) is 37.4 Å². The minimum absolute atomic E-state index is 0.681. The molecule has 20 heavy (non-hydrogen) atoms. The van der Waals surface area contributed by atoms with Crippen molar-refractivity contribution in [1.29, 1.82) is 0 Å². The largest absolute Gasteiger partial charge is 0.298 e. The molecule has 2 nitrogen and oxygen atoms in total. The standard InChI is InChI=1S/C17H25ClN2/c1-2-15-12-19-10-6-5-8-16(19)13-20(15)11-14-7-3-4-9-17(14)18/h3-4,7,9,15-16H,2,5-6,8,10-13H2,1H3. The molecule has 2 atom stereocenters. The molecule has 1 aromatic carbocycles. The van der Waals surface area contributed by atoms with Gasteiger partial charge >= 0.3 is 0 Å². The van der Waals surface area contributed by atoms with Gasteiger partial charge in [-0.2, -0.15) is 0 Å². The smallest absolute Gasteiger partial charge is 0.0451 e. The number of piperidine rings is 1. The van der Waals surface area contributed by atoms with Gasteiger partial charge < -0.3 is 0 Å². The fraction of sp³-hybridized carbons (Fsp3) is 0.647. The van der Waals surface area contributed by atoms with E-state index in [1.54, 1.807) is 0 Å². The fourth-order valence-corrected chi connectivity index (χ4v) is 3.93. The Kier molecular flexibility index (Phi) is 4.65. The van der Waals surface area contributed by atoms with Gasteiger partial charge in [0.15, 0.2) is 0 Å². The molecule has 0 aliphatic carbocycles. The van der Waals surface area contributed by atoms with E-state index in [4.69, 9.17) is 11.6 Å². The number of fused-ring (bicyclic) bond motifs is 1. The van der Waals surface area contributed by atoms with Crippen LogP contribution in [0.15, 0.2) is 24.3 Å². The van der Waals surface area contributed by atoms with Crippen molar-refractivity contribution in [2.24, 2.45) is 0 Å². The van der Waals surface area contributed by atoms with E-state index in [0.29, 0.717) is 6.04 Å². The number of rotatable bonds is 3. The lowest BCUT2D eigenvalue weighted by Crippen LogP contribution is -2.58. The molecule has 0 radical (unpaired) electrons. The molecule has 2 aliphatic heterocycles. The molecule has 2 aliphatic rings. The topological polar surface area (TPSA) is 6.48 Å². The first-order valence-electron chi connectivity index (χ1n) is 7.99. The number of benzene rings is 1. The van der Waals surface area contributed by atoms with Gasteiger partial charge in [0.1, 0.15) is 0 Å². The molecule has 2 saturated heterocycles. The third-order valence-corrected chi connectivity index (χ3v) is 5.33. The van der Waals surface area contributed by atoms with Crippen molar-refractivity contribution >= 4 is 11.6 Å². The minimum atomic E-state index is 0.681. The molecule has 2 unspecified atom stereocenters. The number of hydrogen-bond acceptors (Lipinski definition) is 2. The van der Waals surface area contributed by atoms with Gasteiger partial charge in [0.2, 0.25) is 0 Å². The highest BCUT2D eigenvalue weighted by molar-refractivity contribution is 6.31. The number of piperazine rings is 1. The summed E-state index contributed by atoms with van der Waals surface area (Å²) in [6, 6.07) is 9.74. The summed E-state index contributed by atoms with van der Waals surface area (Å²) in [5, 5.41) is 0.911. The van der Waals surface area contributed by atoms with E-state index < -0.39 is 0 Å². The quantitative estimate of drug-likeness (QED) is 0.836. The summed E-state index contributed by atoms with van der Waals surface area (Å²) < 4.78 is 0. The van der Waals surface area contributed by atoms with Crippen LogP contribution in [0.2, 0.25) is 5.02 Å². The minimum Gasteiger partial charge on any atom is -0.298 e. The summed E-state index contributed by atoms with van der Waals surface area (Å²) in [4.78, 5) is 5.38. The fourth-order valence-electron chi connectivity index (χ4n) is 3.74. The van der Waals surface area contributed by atoms with Crippen LogP contribution in [0.3, 0.4) is 0 Å². The van der Waals surface area contributed by atoms with Crippen LogP contribution in [-0.2, 0) is 6.54 Å². The second kappa shape index (κ2) is 6.46. The maximum atomic E-state index is 6.33. The first-order valence-corrected chi connectivity index (χ1v) is 8.37. The molecule has 2 heterocycles. The van der Waals surface area contributed by atoms with Gasteiger partial charge in [-0.15, -0.1) is 0 Å². The zero-order chi connectivity index (χ0) is 13.9. The molecule has 3 heteroatoms. The highest BCUT2D eigenvalue weighted by Gasteiger charge is 2.34. The number of halogens is 1. The normalized spacial score (nSPS) is 28.3. The Hall–Kier alpha value is -0.570. The summed E-state index contributed by atoms with van der Waals surface area (Å²) >= 11 is 6.33. The zero-order valence-corrected chi connectivity index (χ0v) is 13.1. The van der Waals surface area contributed by atoms with E-state index in [1.165, 1.54) is 50.9 Å². The predicted molar refractivity (Wildman–Crippen MR) is 85.2 cm³/mol. The molecule has 2 fully saturated rings. The molecular weight excluding hydrogens is 268 g/mol. The third kappa shape index (κ3) is 3.03. The first kappa shape index (κ1) is 14.4. The molecule has 0 spiro atoms. The lowest BCUT2D eigenvalue weighted by Gasteiger charge is -2.48. The Labute approximate surface area is 127 Å². The van der Waals surface area contributed by atoms with Gasteiger partial charge in [0, 0.05) is 36.7 Å². The molecule has 0 amide bonds. The van der Waals surface area contributed by atoms with Crippen molar-refractivity contribution < 1.29 is 0 Å². The van der Waals surface area contributed by atoms with Crippen LogP contribution in [0.5, 0.6) is 0 Å². The van der Waals surface area contributed by atoms with Gasteiger partial charge in [0.05, 0.1) is 0 Å². The van der Waals surface area contributed by atoms with Gasteiger partial charge in [-0.1, -0.05) is 43.1 Å². The Bertz CT molecular complexity index is 448. The molecule has 0 aromatic heterocycles. The molecule has 1 aromatic rings. The maximum Gasteiger partial charge on any atom is 0.0451 e. The van der Waals surface area contributed by atoms with Gasteiger partial charge in [-0.25, -0.2) is 0 Å². The average Bonchev–Trinajstić information content (AvgIpc) is 2.49. The van der Waals surface area contributed by atoms with Gasteiger partial charge in [-0.3, -0.25) is 9.80 Å². The van der Waals surface area contributed by atoms with Crippen LogP contribution < -0.4 is 0 Å². The van der Waals surface area contributed by atoms with Crippen LogP contribution in [0, 0.1) is 0 Å². The Balaban J connectivity index is 1.72. The Morgan fingerprint density at radius 1 is 1.20 bits per heavy atom. The molecule has 110 valence electrons. The molecule has 0 N–H and O–H groups in total.